The molecule has 3 rings (SSSR count). The van der Waals surface area contributed by atoms with E-state index in [1.165, 1.54) is 38.6 Å². The van der Waals surface area contributed by atoms with Crippen LogP contribution in [-0.2, 0) is 6.54 Å². The molecule has 0 spiro atoms. The molecule has 1 aliphatic heterocycles. The number of carboxylic acids is 1. The Bertz CT molecular complexity index is 518. The van der Waals surface area contributed by atoms with Crippen LogP contribution in [0.2, 0.25) is 0 Å². The fourth-order valence-electron chi connectivity index (χ4n) is 3.93. The lowest BCUT2D eigenvalue weighted by Gasteiger charge is -2.37. The zero-order valence-electron chi connectivity index (χ0n) is 13.9. The maximum absolute atomic E-state index is 11.1. The fourth-order valence-corrected chi connectivity index (χ4v) is 3.93. The molecule has 0 radical (unpaired) electrons. The molecule has 4 nitrogen and oxygen atoms in total. The summed E-state index contributed by atoms with van der Waals surface area (Å²) in [5.41, 5.74) is 1.49. The van der Waals surface area contributed by atoms with Gasteiger partial charge >= 0.3 is 5.97 Å². The van der Waals surface area contributed by atoms with E-state index in [-0.39, 0.29) is 0 Å². The monoisotopic (exact) mass is 316 g/mol. The van der Waals surface area contributed by atoms with Crippen LogP contribution < -0.4 is 0 Å². The maximum Gasteiger partial charge on any atom is 0.335 e. The minimum atomic E-state index is -0.843. The molecule has 1 saturated heterocycles. The number of carboxylic acid groups (broad SMARTS) is 1. The number of carbonyl (C=O) groups is 1. The lowest BCUT2D eigenvalue weighted by atomic mass is 9.89. The van der Waals surface area contributed by atoms with Gasteiger partial charge in [0.05, 0.1) is 5.56 Å². The molecule has 0 bridgehead atoms. The van der Waals surface area contributed by atoms with E-state index in [1.54, 1.807) is 12.1 Å². The second-order valence-corrected chi connectivity index (χ2v) is 7.09. The standard InChI is InChI=1S/C19H28N2O2/c22-19(23)18-8-4-7-17(13-18)15-21-11-9-20(10-12-21)14-16-5-2-1-3-6-16/h4,7-8,13,16H,1-3,5-6,9-12,14-15H2,(H,22,23). The van der Waals surface area contributed by atoms with Crippen molar-refractivity contribution in [1.29, 1.82) is 0 Å². The number of rotatable bonds is 5. The van der Waals surface area contributed by atoms with Gasteiger partial charge in [0.1, 0.15) is 0 Å². The molecule has 1 N–H and O–H groups in total. The number of piperazine rings is 1. The van der Waals surface area contributed by atoms with Gasteiger partial charge in [0.2, 0.25) is 0 Å². The second-order valence-electron chi connectivity index (χ2n) is 7.09. The summed E-state index contributed by atoms with van der Waals surface area (Å²) in [6.45, 7) is 6.61. The molecule has 4 heteroatoms. The van der Waals surface area contributed by atoms with Crippen molar-refractivity contribution in [2.24, 2.45) is 5.92 Å². The van der Waals surface area contributed by atoms with E-state index in [0.717, 1.165) is 44.2 Å². The van der Waals surface area contributed by atoms with Gasteiger partial charge in [-0.05, 0) is 36.5 Å². The first-order valence-corrected chi connectivity index (χ1v) is 8.97. The Hall–Kier alpha value is -1.39. The molecule has 0 aromatic heterocycles. The summed E-state index contributed by atoms with van der Waals surface area (Å²) in [6.07, 6.45) is 7.11. The van der Waals surface area contributed by atoms with E-state index < -0.39 is 5.97 Å². The van der Waals surface area contributed by atoms with Gasteiger partial charge in [-0.15, -0.1) is 0 Å². The Labute approximate surface area is 139 Å². The average Bonchev–Trinajstić information content (AvgIpc) is 2.58. The van der Waals surface area contributed by atoms with E-state index in [2.05, 4.69) is 9.80 Å². The summed E-state index contributed by atoms with van der Waals surface area (Å²) < 4.78 is 0. The van der Waals surface area contributed by atoms with Crippen molar-refractivity contribution < 1.29 is 9.90 Å². The zero-order valence-corrected chi connectivity index (χ0v) is 13.9. The first-order chi connectivity index (χ1) is 11.2. The highest BCUT2D eigenvalue weighted by Gasteiger charge is 2.21. The van der Waals surface area contributed by atoms with E-state index in [0.29, 0.717) is 5.56 Å². The van der Waals surface area contributed by atoms with Crippen molar-refractivity contribution >= 4 is 5.97 Å². The summed E-state index contributed by atoms with van der Waals surface area (Å²) in [6, 6.07) is 7.34. The van der Waals surface area contributed by atoms with Crippen molar-refractivity contribution in [2.75, 3.05) is 32.7 Å². The SMILES string of the molecule is O=C(O)c1cccc(CN2CCN(CC3CCCCC3)CC2)c1. The molecular weight excluding hydrogens is 288 g/mol. The Morgan fingerprint density at radius 1 is 1.04 bits per heavy atom. The van der Waals surface area contributed by atoms with Crippen LogP contribution in [-0.4, -0.2) is 53.6 Å². The number of aromatic carboxylic acids is 1. The molecule has 1 aliphatic carbocycles. The topological polar surface area (TPSA) is 43.8 Å². The average molecular weight is 316 g/mol. The lowest BCUT2D eigenvalue weighted by molar-refractivity contribution is 0.0696. The number of hydrogen-bond acceptors (Lipinski definition) is 3. The molecule has 2 fully saturated rings. The minimum Gasteiger partial charge on any atom is -0.478 e. The molecule has 1 saturated carbocycles. The van der Waals surface area contributed by atoms with Gasteiger partial charge in [-0.2, -0.15) is 0 Å². The molecule has 1 heterocycles. The third kappa shape index (κ3) is 4.79. The van der Waals surface area contributed by atoms with Crippen molar-refractivity contribution in [3.05, 3.63) is 35.4 Å². The summed E-state index contributed by atoms with van der Waals surface area (Å²) in [7, 11) is 0. The van der Waals surface area contributed by atoms with Crippen LogP contribution in [0, 0.1) is 5.92 Å². The second kappa shape index (κ2) is 7.93. The van der Waals surface area contributed by atoms with E-state index in [9.17, 15) is 4.79 Å². The van der Waals surface area contributed by atoms with Crippen molar-refractivity contribution in [1.82, 2.24) is 9.80 Å². The van der Waals surface area contributed by atoms with Gasteiger partial charge < -0.3 is 10.0 Å². The third-order valence-electron chi connectivity index (χ3n) is 5.29. The van der Waals surface area contributed by atoms with Gasteiger partial charge in [0.15, 0.2) is 0 Å². The van der Waals surface area contributed by atoms with Crippen LogP contribution in [0.15, 0.2) is 24.3 Å². The molecule has 0 amide bonds. The lowest BCUT2D eigenvalue weighted by Crippen LogP contribution is -2.47. The molecule has 23 heavy (non-hydrogen) atoms. The number of hydrogen-bond donors (Lipinski definition) is 1. The molecule has 0 atom stereocenters. The highest BCUT2D eigenvalue weighted by molar-refractivity contribution is 5.87. The van der Waals surface area contributed by atoms with Crippen LogP contribution in [0.5, 0.6) is 0 Å². The number of nitrogens with zero attached hydrogens (tertiary/aromatic N) is 2. The zero-order chi connectivity index (χ0) is 16.1. The van der Waals surface area contributed by atoms with Gasteiger partial charge in [0, 0.05) is 39.3 Å². The maximum atomic E-state index is 11.1. The Morgan fingerprint density at radius 3 is 2.43 bits per heavy atom. The minimum absolute atomic E-state index is 0.387. The first kappa shape index (κ1) is 16.5. The van der Waals surface area contributed by atoms with E-state index in [4.69, 9.17) is 5.11 Å². The first-order valence-electron chi connectivity index (χ1n) is 8.97. The van der Waals surface area contributed by atoms with Crippen LogP contribution in [0.25, 0.3) is 0 Å². The van der Waals surface area contributed by atoms with Crippen LogP contribution in [0.1, 0.15) is 48.0 Å². The largest absolute Gasteiger partial charge is 0.478 e. The van der Waals surface area contributed by atoms with Crippen LogP contribution in [0.4, 0.5) is 0 Å². The smallest absolute Gasteiger partial charge is 0.335 e. The van der Waals surface area contributed by atoms with E-state index >= 15 is 0 Å². The highest BCUT2D eigenvalue weighted by atomic mass is 16.4. The predicted octanol–water partition coefficient (Wildman–Crippen LogP) is 3.08. The Morgan fingerprint density at radius 2 is 1.74 bits per heavy atom. The number of benzene rings is 1. The van der Waals surface area contributed by atoms with E-state index in [1.807, 2.05) is 12.1 Å². The van der Waals surface area contributed by atoms with Crippen LogP contribution >= 0.6 is 0 Å². The summed E-state index contributed by atoms with van der Waals surface area (Å²) >= 11 is 0. The highest BCUT2D eigenvalue weighted by Crippen LogP contribution is 2.24. The van der Waals surface area contributed by atoms with Gasteiger partial charge in [-0.1, -0.05) is 31.4 Å². The molecular formula is C19H28N2O2. The summed E-state index contributed by atoms with van der Waals surface area (Å²) in [4.78, 5) is 16.1. The Balaban J connectivity index is 1.45. The summed E-state index contributed by atoms with van der Waals surface area (Å²) in [5, 5.41) is 9.09. The molecule has 0 unspecified atom stereocenters. The molecule has 1 aromatic carbocycles. The quantitative estimate of drug-likeness (QED) is 0.906. The van der Waals surface area contributed by atoms with Crippen LogP contribution in [0.3, 0.4) is 0 Å². The van der Waals surface area contributed by atoms with Crippen molar-refractivity contribution in [3.8, 4) is 0 Å². The van der Waals surface area contributed by atoms with Crippen molar-refractivity contribution in [2.45, 2.75) is 38.6 Å². The fraction of sp³-hybridized carbons (Fsp3) is 0.632. The van der Waals surface area contributed by atoms with Gasteiger partial charge in [-0.25, -0.2) is 4.79 Å². The molecule has 126 valence electrons. The summed E-state index contributed by atoms with van der Waals surface area (Å²) in [5.74, 6) is 0.0756. The molecule has 2 aliphatic rings. The predicted molar refractivity (Wildman–Crippen MR) is 91.7 cm³/mol. The third-order valence-corrected chi connectivity index (χ3v) is 5.29. The Kier molecular flexibility index (Phi) is 5.68. The van der Waals surface area contributed by atoms with Crippen molar-refractivity contribution in [3.63, 3.8) is 0 Å². The van der Waals surface area contributed by atoms with Gasteiger partial charge in [0.25, 0.3) is 0 Å². The van der Waals surface area contributed by atoms with Gasteiger partial charge in [-0.3, -0.25) is 4.90 Å². The normalized spacial score (nSPS) is 21.4. The molecule has 1 aromatic rings.